The van der Waals surface area contributed by atoms with Crippen molar-refractivity contribution in [2.75, 3.05) is 26.8 Å². The van der Waals surface area contributed by atoms with E-state index in [1.165, 1.54) is 0 Å². The molecular weight excluding hydrogens is 442 g/mol. The Morgan fingerprint density at radius 2 is 1.89 bits per heavy atom. The van der Waals surface area contributed by atoms with Crippen molar-refractivity contribution < 1.29 is 19.3 Å². The third kappa shape index (κ3) is 6.42. The summed E-state index contributed by atoms with van der Waals surface area (Å²) < 4.78 is 19.8. The Morgan fingerprint density at radius 3 is 2.57 bits per heavy atom. The van der Waals surface area contributed by atoms with Gasteiger partial charge in [-0.15, -0.1) is 0 Å². The SMILES string of the molecule is CCC[C@@H](O)CN(Cc1c(C)nn(-c2ccccc2)c1Oc1ccccc1OC)C[C@H]1CCCO1. The summed E-state index contributed by atoms with van der Waals surface area (Å²) in [7, 11) is 1.64. The topological polar surface area (TPSA) is 69.0 Å². The van der Waals surface area contributed by atoms with Gasteiger partial charge < -0.3 is 19.3 Å². The quantitative estimate of drug-likeness (QED) is 0.389. The van der Waals surface area contributed by atoms with Crippen molar-refractivity contribution in [1.82, 2.24) is 14.7 Å². The zero-order chi connectivity index (χ0) is 24.6. The maximum atomic E-state index is 10.6. The molecule has 0 bridgehead atoms. The van der Waals surface area contributed by atoms with Gasteiger partial charge in [0.25, 0.3) is 0 Å². The number of hydrogen-bond donors (Lipinski definition) is 1. The van der Waals surface area contributed by atoms with E-state index in [0.717, 1.165) is 55.8 Å². The minimum absolute atomic E-state index is 0.187. The number of methoxy groups -OCH3 is 1. The largest absolute Gasteiger partial charge is 0.493 e. The number of para-hydroxylation sites is 3. The lowest BCUT2D eigenvalue weighted by atomic mass is 10.1. The molecule has 0 aliphatic carbocycles. The van der Waals surface area contributed by atoms with Crippen LogP contribution in [0, 0.1) is 6.92 Å². The van der Waals surface area contributed by atoms with E-state index in [4.69, 9.17) is 19.3 Å². The summed E-state index contributed by atoms with van der Waals surface area (Å²) in [6.07, 6.45) is 3.66. The lowest BCUT2D eigenvalue weighted by Gasteiger charge is -2.27. The Hall–Kier alpha value is -2.87. The first kappa shape index (κ1) is 25.2. The second-order valence-electron chi connectivity index (χ2n) is 9.14. The summed E-state index contributed by atoms with van der Waals surface area (Å²) in [5, 5.41) is 15.5. The standard InChI is InChI=1S/C28H37N3O4/c1-4-11-23(32)18-30(19-24-14-10-17-34-24)20-25-21(2)29-31(22-12-6-5-7-13-22)28(25)35-27-16-9-8-15-26(27)33-3/h5-9,12-13,15-16,23-24,32H,4,10-11,14,17-20H2,1-3H3/t23-,24-/m1/s1. The van der Waals surface area contributed by atoms with E-state index in [1.54, 1.807) is 7.11 Å². The predicted molar refractivity (Wildman–Crippen MR) is 137 cm³/mol. The monoisotopic (exact) mass is 479 g/mol. The van der Waals surface area contributed by atoms with Gasteiger partial charge in [-0.2, -0.15) is 5.10 Å². The fraction of sp³-hybridized carbons (Fsp3) is 0.464. The Morgan fingerprint density at radius 1 is 1.14 bits per heavy atom. The van der Waals surface area contributed by atoms with E-state index >= 15 is 0 Å². The normalized spacial score (nSPS) is 16.5. The predicted octanol–water partition coefficient (Wildman–Crippen LogP) is 5.12. The Balaban J connectivity index is 1.70. The molecule has 7 heteroatoms. The minimum atomic E-state index is -0.385. The van der Waals surface area contributed by atoms with Crippen LogP contribution in [-0.2, 0) is 11.3 Å². The second kappa shape index (κ2) is 12.2. The van der Waals surface area contributed by atoms with Gasteiger partial charge in [0.05, 0.1) is 36.3 Å². The molecule has 2 atom stereocenters. The maximum Gasteiger partial charge on any atom is 0.227 e. The van der Waals surface area contributed by atoms with Crippen LogP contribution in [0.4, 0.5) is 0 Å². The van der Waals surface area contributed by atoms with Crippen molar-refractivity contribution in [2.45, 2.75) is 58.3 Å². The molecule has 0 amide bonds. The average Bonchev–Trinajstić information content (AvgIpc) is 3.48. The summed E-state index contributed by atoms with van der Waals surface area (Å²) >= 11 is 0. The van der Waals surface area contributed by atoms with Gasteiger partial charge in [-0.1, -0.05) is 43.7 Å². The molecule has 2 aromatic carbocycles. The molecule has 1 aromatic heterocycles. The summed E-state index contributed by atoms with van der Waals surface area (Å²) in [6.45, 7) is 6.87. The van der Waals surface area contributed by atoms with Crippen LogP contribution in [0.25, 0.3) is 5.69 Å². The van der Waals surface area contributed by atoms with Gasteiger partial charge in [-0.3, -0.25) is 4.90 Å². The molecule has 1 fully saturated rings. The van der Waals surface area contributed by atoms with E-state index in [9.17, 15) is 5.11 Å². The van der Waals surface area contributed by atoms with Gasteiger partial charge in [0.15, 0.2) is 11.5 Å². The smallest absolute Gasteiger partial charge is 0.227 e. The first-order chi connectivity index (χ1) is 17.1. The van der Waals surface area contributed by atoms with Crippen LogP contribution in [0.1, 0.15) is 43.9 Å². The molecule has 7 nitrogen and oxygen atoms in total. The Kier molecular flexibility index (Phi) is 8.79. The summed E-state index contributed by atoms with van der Waals surface area (Å²) in [4.78, 5) is 2.28. The molecule has 188 valence electrons. The first-order valence-corrected chi connectivity index (χ1v) is 12.6. The summed E-state index contributed by atoms with van der Waals surface area (Å²) in [6, 6.07) is 17.6. The van der Waals surface area contributed by atoms with Crippen LogP contribution in [0.5, 0.6) is 17.4 Å². The van der Waals surface area contributed by atoms with Crippen molar-refractivity contribution in [3.8, 4) is 23.1 Å². The van der Waals surface area contributed by atoms with Crippen molar-refractivity contribution in [1.29, 1.82) is 0 Å². The molecule has 1 saturated heterocycles. The van der Waals surface area contributed by atoms with Gasteiger partial charge in [-0.25, -0.2) is 4.68 Å². The molecule has 1 N–H and O–H groups in total. The minimum Gasteiger partial charge on any atom is -0.493 e. The van der Waals surface area contributed by atoms with Gasteiger partial charge in [-0.05, 0) is 50.5 Å². The van der Waals surface area contributed by atoms with Crippen LogP contribution in [0.2, 0.25) is 0 Å². The highest BCUT2D eigenvalue weighted by molar-refractivity contribution is 5.47. The zero-order valence-electron chi connectivity index (χ0n) is 21.0. The number of aryl methyl sites for hydroxylation is 1. The molecule has 35 heavy (non-hydrogen) atoms. The summed E-state index contributed by atoms with van der Waals surface area (Å²) in [5.74, 6) is 1.94. The molecular formula is C28H37N3O4. The molecule has 1 aliphatic heterocycles. The van der Waals surface area contributed by atoms with Gasteiger partial charge in [0.1, 0.15) is 0 Å². The highest BCUT2D eigenvalue weighted by Gasteiger charge is 2.26. The maximum absolute atomic E-state index is 10.6. The van der Waals surface area contributed by atoms with E-state index in [1.807, 2.05) is 66.2 Å². The molecule has 0 unspecified atom stereocenters. The van der Waals surface area contributed by atoms with Crippen LogP contribution in [-0.4, -0.2) is 58.8 Å². The highest BCUT2D eigenvalue weighted by Crippen LogP contribution is 2.36. The van der Waals surface area contributed by atoms with Crippen molar-refractivity contribution in [2.24, 2.45) is 0 Å². The van der Waals surface area contributed by atoms with Crippen LogP contribution in [0.15, 0.2) is 54.6 Å². The van der Waals surface area contributed by atoms with Crippen molar-refractivity contribution in [3.05, 3.63) is 65.9 Å². The highest BCUT2D eigenvalue weighted by atomic mass is 16.5. The molecule has 0 radical (unpaired) electrons. The molecule has 0 spiro atoms. The third-order valence-corrected chi connectivity index (χ3v) is 6.37. The lowest BCUT2D eigenvalue weighted by molar-refractivity contribution is 0.0437. The number of aliphatic hydroxyl groups excluding tert-OH is 1. The lowest BCUT2D eigenvalue weighted by Crippen LogP contribution is -2.37. The third-order valence-electron chi connectivity index (χ3n) is 6.37. The number of ether oxygens (including phenoxy) is 3. The van der Waals surface area contributed by atoms with Crippen LogP contribution < -0.4 is 9.47 Å². The fourth-order valence-electron chi connectivity index (χ4n) is 4.60. The zero-order valence-corrected chi connectivity index (χ0v) is 21.0. The van der Waals surface area contributed by atoms with Crippen molar-refractivity contribution >= 4 is 0 Å². The molecule has 0 saturated carbocycles. The number of rotatable bonds is 12. The Labute approximate surface area is 208 Å². The second-order valence-corrected chi connectivity index (χ2v) is 9.14. The first-order valence-electron chi connectivity index (χ1n) is 12.6. The molecule has 4 rings (SSSR count). The van der Waals surface area contributed by atoms with Gasteiger partial charge in [0.2, 0.25) is 5.88 Å². The van der Waals surface area contributed by atoms with E-state index in [2.05, 4.69) is 11.8 Å². The van der Waals surface area contributed by atoms with Crippen molar-refractivity contribution in [3.63, 3.8) is 0 Å². The molecule has 1 aliphatic rings. The number of benzene rings is 2. The number of hydrogen-bond acceptors (Lipinski definition) is 6. The number of nitrogens with zero attached hydrogens (tertiary/aromatic N) is 3. The molecule has 3 aromatic rings. The average molecular weight is 480 g/mol. The van der Waals surface area contributed by atoms with Crippen LogP contribution in [0.3, 0.4) is 0 Å². The number of aromatic nitrogens is 2. The van der Waals surface area contributed by atoms with Crippen LogP contribution >= 0.6 is 0 Å². The fourth-order valence-corrected chi connectivity index (χ4v) is 4.60. The number of aliphatic hydroxyl groups is 1. The molecule has 2 heterocycles. The van der Waals surface area contributed by atoms with Gasteiger partial charge in [0, 0.05) is 26.2 Å². The van der Waals surface area contributed by atoms with E-state index in [0.29, 0.717) is 30.5 Å². The van der Waals surface area contributed by atoms with E-state index < -0.39 is 0 Å². The summed E-state index contributed by atoms with van der Waals surface area (Å²) in [5.41, 5.74) is 2.80. The van der Waals surface area contributed by atoms with Gasteiger partial charge >= 0.3 is 0 Å². The van der Waals surface area contributed by atoms with E-state index in [-0.39, 0.29) is 12.2 Å². The Bertz CT molecular complexity index is 1060.